The van der Waals surface area contributed by atoms with Gasteiger partial charge in [-0.15, -0.1) is 0 Å². The van der Waals surface area contributed by atoms with Crippen LogP contribution >= 0.6 is 0 Å². The zero-order valence-corrected chi connectivity index (χ0v) is 12.7. The summed E-state index contributed by atoms with van der Waals surface area (Å²) in [4.78, 5) is 12.0. The van der Waals surface area contributed by atoms with Crippen LogP contribution in [0.2, 0.25) is 0 Å². The summed E-state index contributed by atoms with van der Waals surface area (Å²) >= 11 is 0. The van der Waals surface area contributed by atoms with E-state index in [1.807, 2.05) is 13.0 Å². The lowest BCUT2D eigenvalue weighted by Gasteiger charge is -2.26. The van der Waals surface area contributed by atoms with Crippen LogP contribution < -0.4 is 5.32 Å². The molecule has 1 aromatic carbocycles. The maximum absolute atomic E-state index is 12.0. The first-order valence-electron chi connectivity index (χ1n) is 7.76. The third kappa shape index (κ3) is 4.74. The lowest BCUT2D eigenvalue weighted by atomic mass is 9.94. The number of nitrogens with one attached hydrogen (secondary N) is 1. The van der Waals surface area contributed by atoms with E-state index in [0.717, 1.165) is 36.8 Å². The molecule has 0 spiro atoms. The Morgan fingerprint density at radius 3 is 2.52 bits per heavy atom. The topological polar surface area (TPSA) is 69.6 Å². The molecule has 0 heterocycles. The number of amides is 1. The van der Waals surface area contributed by atoms with Gasteiger partial charge in [0.05, 0.1) is 12.0 Å². The number of hydrogen-bond acceptors (Lipinski definition) is 3. The van der Waals surface area contributed by atoms with Gasteiger partial charge in [0.25, 0.3) is 0 Å². The van der Waals surface area contributed by atoms with Crippen LogP contribution in [0.4, 0.5) is 0 Å². The first-order chi connectivity index (χ1) is 9.98. The molecule has 0 unspecified atom stereocenters. The van der Waals surface area contributed by atoms with Gasteiger partial charge in [0, 0.05) is 6.54 Å². The third-order valence-corrected chi connectivity index (χ3v) is 4.29. The molecule has 0 bridgehead atoms. The van der Waals surface area contributed by atoms with Gasteiger partial charge in [0.1, 0.15) is 5.75 Å². The Kier molecular flexibility index (Phi) is 5.23. The van der Waals surface area contributed by atoms with E-state index in [2.05, 4.69) is 5.32 Å². The Morgan fingerprint density at radius 2 is 1.90 bits per heavy atom. The molecule has 2 rings (SSSR count). The van der Waals surface area contributed by atoms with Gasteiger partial charge >= 0.3 is 0 Å². The van der Waals surface area contributed by atoms with Crippen molar-refractivity contribution < 1.29 is 15.0 Å². The van der Waals surface area contributed by atoms with Gasteiger partial charge in [-0.25, -0.2) is 0 Å². The molecule has 116 valence electrons. The minimum atomic E-state index is -0.748. The van der Waals surface area contributed by atoms with Crippen LogP contribution in [0.3, 0.4) is 0 Å². The summed E-state index contributed by atoms with van der Waals surface area (Å²) in [6.07, 6.45) is 6.13. The Labute approximate surface area is 126 Å². The van der Waals surface area contributed by atoms with Crippen molar-refractivity contribution in [1.82, 2.24) is 5.32 Å². The molecule has 4 heteroatoms. The fourth-order valence-electron chi connectivity index (χ4n) is 2.84. The van der Waals surface area contributed by atoms with Crippen molar-refractivity contribution >= 4 is 5.91 Å². The van der Waals surface area contributed by atoms with Gasteiger partial charge in [0.15, 0.2) is 0 Å². The number of benzene rings is 1. The van der Waals surface area contributed by atoms with E-state index in [9.17, 15) is 15.0 Å². The quantitative estimate of drug-likeness (QED) is 0.746. The van der Waals surface area contributed by atoms with Crippen LogP contribution in [0, 0.1) is 6.92 Å². The van der Waals surface area contributed by atoms with Gasteiger partial charge in [0.2, 0.25) is 5.91 Å². The second-order valence-corrected chi connectivity index (χ2v) is 6.21. The highest BCUT2D eigenvalue weighted by molar-refractivity contribution is 5.78. The Balaban J connectivity index is 1.85. The Morgan fingerprint density at radius 1 is 1.24 bits per heavy atom. The SMILES string of the molecule is Cc1ccc(CC(=O)NCC2(O)CCCCCC2)cc1O. The van der Waals surface area contributed by atoms with Gasteiger partial charge < -0.3 is 15.5 Å². The zero-order valence-electron chi connectivity index (χ0n) is 12.7. The first-order valence-corrected chi connectivity index (χ1v) is 7.76. The Bertz CT molecular complexity index is 491. The molecule has 1 aliphatic rings. The molecule has 0 aliphatic heterocycles. The molecule has 4 nitrogen and oxygen atoms in total. The summed E-state index contributed by atoms with van der Waals surface area (Å²) in [6, 6.07) is 5.26. The van der Waals surface area contributed by atoms with Crippen molar-refractivity contribution in [1.29, 1.82) is 0 Å². The molecule has 0 atom stereocenters. The summed E-state index contributed by atoms with van der Waals surface area (Å²) in [5.41, 5.74) is 0.831. The highest BCUT2D eigenvalue weighted by Crippen LogP contribution is 2.26. The van der Waals surface area contributed by atoms with Crippen LogP contribution in [-0.2, 0) is 11.2 Å². The summed E-state index contributed by atoms with van der Waals surface area (Å²) in [5, 5.41) is 23.0. The summed E-state index contributed by atoms with van der Waals surface area (Å²) in [5.74, 6) is 0.0959. The van der Waals surface area contributed by atoms with Crippen LogP contribution in [0.25, 0.3) is 0 Å². The summed E-state index contributed by atoms with van der Waals surface area (Å²) < 4.78 is 0. The zero-order chi connectivity index (χ0) is 15.3. The standard InChI is InChI=1S/C17H25NO3/c1-13-6-7-14(10-15(13)19)11-16(20)18-12-17(21)8-4-2-3-5-9-17/h6-7,10,19,21H,2-5,8-9,11-12H2,1H3,(H,18,20). The number of phenols is 1. The maximum atomic E-state index is 12.0. The molecule has 1 amide bonds. The fraction of sp³-hybridized carbons (Fsp3) is 0.588. The number of carbonyl (C=O) groups is 1. The largest absolute Gasteiger partial charge is 0.508 e. The molecule has 1 aromatic rings. The molecular formula is C17H25NO3. The minimum absolute atomic E-state index is 0.115. The van der Waals surface area contributed by atoms with E-state index in [0.29, 0.717) is 6.54 Å². The predicted molar refractivity (Wildman–Crippen MR) is 82.2 cm³/mol. The number of aryl methyl sites for hydroxylation is 1. The van der Waals surface area contributed by atoms with E-state index < -0.39 is 5.60 Å². The lowest BCUT2D eigenvalue weighted by molar-refractivity contribution is -0.121. The van der Waals surface area contributed by atoms with Gasteiger partial charge in [-0.3, -0.25) is 4.79 Å². The molecule has 21 heavy (non-hydrogen) atoms. The monoisotopic (exact) mass is 291 g/mol. The van der Waals surface area contributed by atoms with Gasteiger partial charge in [-0.05, 0) is 37.0 Å². The molecule has 1 aliphatic carbocycles. The molecule has 0 radical (unpaired) electrons. The highest BCUT2D eigenvalue weighted by atomic mass is 16.3. The highest BCUT2D eigenvalue weighted by Gasteiger charge is 2.28. The molecule has 3 N–H and O–H groups in total. The predicted octanol–water partition coefficient (Wildman–Crippen LogP) is 2.44. The summed E-state index contributed by atoms with van der Waals surface area (Å²) in [6.45, 7) is 2.14. The van der Waals surface area contributed by atoms with E-state index in [-0.39, 0.29) is 18.1 Å². The minimum Gasteiger partial charge on any atom is -0.508 e. The number of rotatable bonds is 4. The van der Waals surface area contributed by atoms with Crippen LogP contribution in [0.5, 0.6) is 5.75 Å². The molecule has 0 saturated heterocycles. The van der Waals surface area contributed by atoms with Crippen LogP contribution in [0.15, 0.2) is 18.2 Å². The summed E-state index contributed by atoms with van der Waals surface area (Å²) in [7, 11) is 0. The van der Waals surface area contributed by atoms with E-state index in [4.69, 9.17) is 0 Å². The second-order valence-electron chi connectivity index (χ2n) is 6.21. The maximum Gasteiger partial charge on any atom is 0.224 e. The van der Waals surface area contributed by atoms with Crippen molar-refractivity contribution in [3.8, 4) is 5.75 Å². The van der Waals surface area contributed by atoms with Crippen molar-refractivity contribution in [3.63, 3.8) is 0 Å². The third-order valence-electron chi connectivity index (χ3n) is 4.29. The average molecular weight is 291 g/mol. The molecular weight excluding hydrogens is 266 g/mol. The van der Waals surface area contributed by atoms with Crippen molar-refractivity contribution in [2.24, 2.45) is 0 Å². The first kappa shape index (κ1) is 15.8. The van der Waals surface area contributed by atoms with Crippen molar-refractivity contribution in [2.45, 2.75) is 57.5 Å². The van der Waals surface area contributed by atoms with E-state index in [1.165, 1.54) is 12.8 Å². The Hall–Kier alpha value is -1.55. The normalized spacial score (nSPS) is 18.0. The van der Waals surface area contributed by atoms with Gasteiger partial charge in [-0.2, -0.15) is 0 Å². The number of aliphatic hydroxyl groups is 1. The lowest BCUT2D eigenvalue weighted by Crippen LogP contribution is -2.43. The molecule has 1 fully saturated rings. The number of carbonyl (C=O) groups excluding carboxylic acids is 1. The number of phenolic OH excluding ortho intramolecular Hbond substituents is 1. The molecule has 1 saturated carbocycles. The average Bonchev–Trinajstić information content (AvgIpc) is 2.66. The second kappa shape index (κ2) is 6.94. The number of hydrogen-bond donors (Lipinski definition) is 3. The smallest absolute Gasteiger partial charge is 0.224 e. The van der Waals surface area contributed by atoms with Crippen molar-refractivity contribution in [3.05, 3.63) is 29.3 Å². The van der Waals surface area contributed by atoms with Gasteiger partial charge in [-0.1, -0.05) is 37.8 Å². The number of aromatic hydroxyl groups is 1. The van der Waals surface area contributed by atoms with Crippen LogP contribution in [-0.4, -0.2) is 28.3 Å². The van der Waals surface area contributed by atoms with Crippen LogP contribution in [0.1, 0.15) is 49.7 Å². The molecule has 0 aromatic heterocycles. The fourth-order valence-corrected chi connectivity index (χ4v) is 2.84. The van der Waals surface area contributed by atoms with Crippen molar-refractivity contribution in [2.75, 3.05) is 6.54 Å². The van der Waals surface area contributed by atoms with E-state index in [1.54, 1.807) is 12.1 Å². The van der Waals surface area contributed by atoms with E-state index >= 15 is 0 Å².